The second kappa shape index (κ2) is 7.23. The Bertz CT molecular complexity index is 429. The molecule has 1 saturated heterocycles. The second-order valence-electron chi connectivity index (χ2n) is 5.02. The third kappa shape index (κ3) is 4.19. The van der Waals surface area contributed by atoms with E-state index in [1.54, 1.807) is 0 Å². The van der Waals surface area contributed by atoms with E-state index in [0.717, 1.165) is 12.8 Å². The average Bonchev–Trinajstić information content (AvgIpc) is 2.82. The van der Waals surface area contributed by atoms with Crippen LogP contribution in [0, 0.1) is 0 Å². The van der Waals surface area contributed by atoms with E-state index in [0.29, 0.717) is 19.3 Å². The van der Waals surface area contributed by atoms with Gasteiger partial charge in [0.15, 0.2) is 0 Å². The van der Waals surface area contributed by atoms with Gasteiger partial charge in [0.2, 0.25) is 5.95 Å². The first kappa shape index (κ1) is 14.8. The number of aromatic nitrogens is 3. The predicted octanol–water partition coefficient (Wildman–Crippen LogP) is 1.11. The number of anilines is 1. The Balaban J connectivity index is 1.83. The van der Waals surface area contributed by atoms with Gasteiger partial charge in [-0.2, -0.15) is 9.97 Å². The molecule has 112 valence electrons. The molecule has 2 N–H and O–H groups in total. The van der Waals surface area contributed by atoms with Crippen molar-refractivity contribution < 1.29 is 9.47 Å². The molecule has 1 aromatic heterocycles. The molecular formula is C13H23N5O2. The summed E-state index contributed by atoms with van der Waals surface area (Å²) in [4.78, 5) is 14.3. The summed E-state index contributed by atoms with van der Waals surface area (Å²) in [6.07, 6.45) is 4.34. The molecule has 1 atom stereocenters. The van der Waals surface area contributed by atoms with Gasteiger partial charge in [-0.25, -0.2) is 0 Å². The van der Waals surface area contributed by atoms with E-state index in [1.807, 2.05) is 6.92 Å². The van der Waals surface area contributed by atoms with Crippen LogP contribution in [0.5, 0.6) is 12.0 Å². The van der Waals surface area contributed by atoms with Crippen LogP contribution in [-0.4, -0.2) is 52.7 Å². The minimum absolute atomic E-state index is 0.124. The summed E-state index contributed by atoms with van der Waals surface area (Å²) in [5.41, 5.74) is 5.62. The van der Waals surface area contributed by atoms with E-state index in [2.05, 4.69) is 26.9 Å². The maximum atomic E-state index is 5.62. The van der Waals surface area contributed by atoms with Crippen molar-refractivity contribution in [3.63, 3.8) is 0 Å². The molecule has 0 saturated carbocycles. The lowest BCUT2D eigenvalue weighted by atomic mass is 10.2. The summed E-state index contributed by atoms with van der Waals surface area (Å²) in [6, 6.07) is 1.06. The third-order valence-corrected chi connectivity index (χ3v) is 3.40. The zero-order valence-corrected chi connectivity index (χ0v) is 12.2. The van der Waals surface area contributed by atoms with Gasteiger partial charge < -0.3 is 20.1 Å². The molecule has 0 spiro atoms. The van der Waals surface area contributed by atoms with Crippen LogP contribution in [0.3, 0.4) is 0 Å². The molecule has 20 heavy (non-hydrogen) atoms. The quantitative estimate of drug-likeness (QED) is 0.801. The predicted molar refractivity (Wildman–Crippen MR) is 75.8 cm³/mol. The van der Waals surface area contributed by atoms with Crippen molar-refractivity contribution in [3.05, 3.63) is 0 Å². The second-order valence-corrected chi connectivity index (χ2v) is 5.02. The largest absolute Gasteiger partial charge is 0.463 e. The number of ether oxygens (including phenoxy) is 2. The van der Waals surface area contributed by atoms with Crippen LogP contribution in [0.25, 0.3) is 0 Å². The number of likely N-dealkylation sites (tertiary alicyclic amines) is 1. The first-order valence-electron chi connectivity index (χ1n) is 7.16. The molecule has 2 rings (SSSR count). The number of nitrogens with zero attached hydrogens (tertiary/aromatic N) is 4. The summed E-state index contributed by atoms with van der Waals surface area (Å²) >= 11 is 0. The summed E-state index contributed by atoms with van der Waals surface area (Å²) in [5.74, 6) is 0.124. The van der Waals surface area contributed by atoms with Gasteiger partial charge in [-0.15, -0.1) is 4.98 Å². The summed E-state index contributed by atoms with van der Waals surface area (Å²) in [6.45, 7) is 4.31. The normalized spacial score (nSPS) is 19.2. The molecule has 1 aromatic rings. The summed E-state index contributed by atoms with van der Waals surface area (Å²) in [7, 11) is 2.15. The first-order chi connectivity index (χ1) is 9.69. The van der Waals surface area contributed by atoms with Gasteiger partial charge >= 0.3 is 12.0 Å². The van der Waals surface area contributed by atoms with Crippen LogP contribution < -0.4 is 15.2 Å². The molecule has 0 amide bonds. The highest BCUT2D eigenvalue weighted by molar-refractivity contribution is 5.20. The van der Waals surface area contributed by atoms with Gasteiger partial charge in [-0.1, -0.05) is 6.92 Å². The highest BCUT2D eigenvalue weighted by Gasteiger charge is 2.20. The Labute approximate surface area is 119 Å². The van der Waals surface area contributed by atoms with Gasteiger partial charge in [0.05, 0.1) is 13.2 Å². The zero-order chi connectivity index (χ0) is 14.4. The van der Waals surface area contributed by atoms with Gasteiger partial charge in [0.1, 0.15) is 0 Å². The van der Waals surface area contributed by atoms with Gasteiger partial charge in [0.25, 0.3) is 0 Å². The van der Waals surface area contributed by atoms with E-state index < -0.39 is 0 Å². The average molecular weight is 281 g/mol. The lowest BCUT2D eigenvalue weighted by molar-refractivity contribution is 0.218. The molecule has 0 radical (unpaired) electrons. The number of hydrogen-bond donors (Lipinski definition) is 1. The monoisotopic (exact) mass is 281 g/mol. The van der Waals surface area contributed by atoms with Crippen LogP contribution in [0.4, 0.5) is 5.95 Å². The molecular weight excluding hydrogens is 258 g/mol. The Morgan fingerprint density at radius 2 is 1.90 bits per heavy atom. The third-order valence-electron chi connectivity index (χ3n) is 3.40. The fraction of sp³-hybridized carbons (Fsp3) is 0.769. The highest BCUT2D eigenvalue weighted by Crippen LogP contribution is 2.18. The molecule has 7 heteroatoms. The van der Waals surface area contributed by atoms with E-state index >= 15 is 0 Å². The van der Waals surface area contributed by atoms with Crippen molar-refractivity contribution in [2.24, 2.45) is 0 Å². The lowest BCUT2D eigenvalue weighted by Crippen LogP contribution is -2.26. The minimum atomic E-state index is 0.124. The SMILES string of the molecule is CCCOc1nc(N)nc(OCCC2CCCN2C)n1. The van der Waals surface area contributed by atoms with Crippen molar-refractivity contribution >= 4 is 5.95 Å². The highest BCUT2D eigenvalue weighted by atomic mass is 16.5. The van der Waals surface area contributed by atoms with Crippen molar-refractivity contribution in [3.8, 4) is 12.0 Å². The molecule has 1 aliphatic heterocycles. The first-order valence-corrected chi connectivity index (χ1v) is 7.16. The van der Waals surface area contributed by atoms with Crippen molar-refractivity contribution in [2.45, 2.75) is 38.6 Å². The van der Waals surface area contributed by atoms with Crippen molar-refractivity contribution in [1.29, 1.82) is 0 Å². The van der Waals surface area contributed by atoms with Crippen LogP contribution in [-0.2, 0) is 0 Å². The smallest absolute Gasteiger partial charge is 0.324 e. The van der Waals surface area contributed by atoms with Crippen LogP contribution in [0.1, 0.15) is 32.6 Å². The van der Waals surface area contributed by atoms with Crippen molar-refractivity contribution in [2.75, 3.05) is 32.5 Å². The molecule has 2 heterocycles. The van der Waals surface area contributed by atoms with Crippen LogP contribution in [0.15, 0.2) is 0 Å². The van der Waals surface area contributed by atoms with E-state index in [1.165, 1.54) is 19.4 Å². The van der Waals surface area contributed by atoms with Crippen LogP contribution >= 0.6 is 0 Å². The Hall–Kier alpha value is -1.63. The number of hydrogen-bond acceptors (Lipinski definition) is 7. The molecule has 1 fully saturated rings. The maximum Gasteiger partial charge on any atom is 0.324 e. The number of rotatable bonds is 7. The van der Waals surface area contributed by atoms with Gasteiger partial charge in [-0.3, -0.25) is 0 Å². The fourth-order valence-electron chi connectivity index (χ4n) is 2.31. The Kier molecular flexibility index (Phi) is 5.34. The number of nitrogens with two attached hydrogens (primary N) is 1. The topological polar surface area (TPSA) is 86.4 Å². The molecule has 1 unspecified atom stereocenters. The lowest BCUT2D eigenvalue weighted by Gasteiger charge is -2.18. The Morgan fingerprint density at radius 1 is 1.20 bits per heavy atom. The summed E-state index contributed by atoms with van der Waals surface area (Å²) < 4.78 is 10.9. The zero-order valence-electron chi connectivity index (χ0n) is 12.2. The molecule has 1 aliphatic rings. The molecule has 0 aromatic carbocycles. The molecule has 7 nitrogen and oxygen atoms in total. The summed E-state index contributed by atoms with van der Waals surface area (Å²) in [5, 5.41) is 0. The Morgan fingerprint density at radius 3 is 2.50 bits per heavy atom. The molecule has 0 aliphatic carbocycles. The van der Waals surface area contributed by atoms with Gasteiger partial charge in [0, 0.05) is 6.04 Å². The van der Waals surface area contributed by atoms with Crippen molar-refractivity contribution in [1.82, 2.24) is 19.9 Å². The van der Waals surface area contributed by atoms with Crippen LogP contribution in [0.2, 0.25) is 0 Å². The van der Waals surface area contributed by atoms with E-state index in [-0.39, 0.29) is 18.0 Å². The maximum absolute atomic E-state index is 5.62. The van der Waals surface area contributed by atoms with Gasteiger partial charge in [-0.05, 0) is 39.3 Å². The number of nitrogen functional groups attached to an aromatic ring is 1. The van der Waals surface area contributed by atoms with E-state index in [4.69, 9.17) is 15.2 Å². The minimum Gasteiger partial charge on any atom is -0.463 e. The fourth-order valence-corrected chi connectivity index (χ4v) is 2.31. The molecule has 0 bridgehead atoms. The standard InChI is InChI=1S/C13H23N5O2/c1-3-8-19-12-15-11(14)16-13(17-12)20-9-6-10-5-4-7-18(10)2/h10H,3-9H2,1-2H3,(H2,14,15,16,17). The van der Waals surface area contributed by atoms with E-state index in [9.17, 15) is 0 Å².